The number of nitrogens with two attached hydrogens (primary N) is 1. The van der Waals surface area contributed by atoms with Crippen molar-refractivity contribution in [1.29, 1.82) is 0 Å². The highest BCUT2D eigenvalue weighted by atomic mass is 19.4. The van der Waals surface area contributed by atoms with E-state index in [0.29, 0.717) is 0 Å². The number of nitrogen functional groups attached to an aromatic ring is 1. The molecule has 0 atom stereocenters. The van der Waals surface area contributed by atoms with E-state index in [2.05, 4.69) is 0 Å². The number of benzene rings is 2. The van der Waals surface area contributed by atoms with Crippen LogP contribution in [-0.4, -0.2) is 5.78 Å². The summed E-state index contributed by atoms with van der Waals surface area (Å²) >= 11 is 0. The number of alkyl halides is 3. The molecule has 104 valence electrons. The minimum Gasteiger partial charge on any atom is -0.398 e. The van der Waals surface area contributed by atoms with Crippen molar-refractivity contribution >= 4 is 11.5 Å². The molecule has 0 aliphatic heterocycles. The molecule has 0 saturated carbocycles. The molecule has 2 nitrogen and oxygen atoms in total. The maximum Gasteiger partial charge on any atom is 0.416 e. The second kappa shape index (κ2) is 5.00. The maximum atomic E-state index is 12.6. The third-order valence-corrected chi connectivity index (χ3v) is 2.90. The van der Waals surface area contributed by atoms with Crippen LogP contribution < -0.4 is 5.73 Å². The predicted molar refractivity (Wildman–Crippen MR) is 70.5 cm³/mol. The molecule has 2 rings (SSSR count). The number of hydrogen-bond donors (Lipinski definition) is 1. The molecule has 0 amide bonds. The van der Waals surface area contributed by atoms with Crippen LogP contribution in [0.4, 0.5) is 18.9 Å². The zero-order valence-corrected chi connectivity index (χ0v) is 10.7. The van der Waals surface area contributed by atoms with E-state index in [4.69, 9.17) is 5.73 Å². The summed E-state index contributed by atoms with van der Waals surface area (Å²) in [5, 5.41) is 0. The molecule has 0 aromatic heterocycles. The highest BCUT2D eigenvalue weighted by Crippen LogP contribution is 2.30. The summed E-state index contributed by atoms with van der Waals surface area (Å²) < 4.78 is 37.9. The molecule has 20 heavy (non-hydrogen) atoms. The smallest absolute Gasteiger partial charge is 0.398 e. The first-order valence-corrected chi connectivity index (χ1v) is 5.87. The Morgan fingerprint density at radius 1 is 1.10 bits per heavy atom. The topological polar surface area (TPSA) is 43.1 Å². The second-order valence-corrected chi connectivity index (χ2v) is 4.50. The Bertz CT molecular complexity index is 662. The average molecular weight is 279 g/mol. The average Bonchev–Trinajstić information content (AvgIpc) is 2.37. The fourth-order valence-corrected chi connectivity index (χ4v) is 1.88. The summed E-state index contributed by atoms with van der Waals surface area (Å²) in [6, 6.07) is 9.14. The van der Waals surface area contributed by atoms with E-state index in [1.54, 1.807) is 12.1 Å². The van der Waals surface area contributed by atoms with Crippen LogP contribution in [0.3, 0.4) is 0 Å². The van der Waals surface area contributed by atoms with E-state index in [1.807, 2.05) is 6.92 Å². The molecule has 0 bridgehead atoms. The highest BCUT2D eigenvalue weighted by Gasteiger charge is 2.31. The lowest BCUT2D eigenvalue weighted by molar-refractivity contribution is -0.137. The largest absolute Gasteiger partial charge is 0.416 e. The van der Waals surface area contributed by atoms with Crippen LogP contribution >= 0.6 is 0 Å². The zero-order chi connectivity index (χ0) is 14.9. The van der Waals surface area contributed by atoms with Gasteiger partial charge in [-0.2, -0.15) is 13.2 Å². The minimum atomic E-state index is -4.48. The Kier molecular flexibility index (Phi) is 3.53. The van der Waals surface area contributed by atoms with Gasteiger partial charge in [-0.25, -0.2) is 0 Å². The van der Waals surface area contributed by atoms with Crippen molar-refractivity contribution in [3.63, 3.8) is 0 Å². The minimum absolute atomic E-state index is 0.0321. The first-order valence-electron chi connectivity index (χ1n) is 5.87. The van der Waals surface area contributed by atoms with Gasteiger partial charge in [0, 0.05) is 16.8 Å². The van der Waals surface area contributed by atoms with Crippen molar-refractivity contribution in [2.45, 2.75) is 13.1 Å². The maximum absolute atomic E-state index is 12.6. The zero-order valence-electron chi connectivity index (χ0n) is 10.7. The van der Waals surface area contributed by atoms with E-state index in [-0.39, 0.29) is 16.8 Å². The summed E-state index contributed by atoms with van der Waals surface area (Å²) in [5.41, 5.74) is 6.19. The molecule has 0 unspecified atom stereocenters. The number of halogens is 3. The van der Waals surface area contributed by atoms with E-state index in [1.165, 1.54) is 18.2 Å². The number of anilines is 1. The molecular weight excluding hydrogens is 267 g/mol. The van der Waals surface area contributed by atoms with Gasteiger partial charge in [-0.1, -0.05) is 18.2 Å². The number of rotatable bonds is 2. The first kappa shape index (κ1) is 14.1. The molecule has 2 aromatic carbocycles. The summed E-state index contributed by atoms with van der Waals surface area (Å²) in [7, 11) is 0. The summed E-state index contributed by atoms with van der Waals surface area (Å²) in [6.07, 6.45) is -4.48. The van der Waals surface area contributed by atoms with Gasteiger partial charge in [0.15, 0.2) is 5.78 Å². The normalized spacial score (nSPS) is 11.4. The van der Waals surface area contributed by atoms with Gasteiger partial charge in [0.2, 0.25) is 0 Å². The van der Waals surface area contributed by atoms with E-state index < -0.39 is 17.5 Å². The van der Waals surface area contributed by atoms with Crippen molar-refractivity contribution < 1.29 is 18.0 Å². The number of hydrogen-bond acceptors (Lipinski definition) is 2. The lowest BCUT2D eigenvalue weighted by Gasteiger charge is -2.09. The Morgan fingerprint density at radius 3 is 2.40 bits per heavy atom. The number of ketones is 1. The monoisotopic (exact) mass is 279 g/mol. The molecule has 5 heteroatoms. The summed E-state index contributed by atoms with van der Waals surface area (Å²) in [5.74, 6) is -0.520. The van der Waals surface area contributed by atoms with Crippen LogP contribution in [0.25, 0.3) is 0 Å². The summed E-state index contributed by atoms with van der Waals surface area (Å²) in [4.78, 5) is 12.2. The second-order valence-electron chi connectivity index (χ2n) is 4.50. The molecule has 2 aromatic rings. The van der Waals surface area contributed by atoms with E-state index in [9.17, 15) is 18.0 Å². The van der Waals surface area contributed by atoms with Crippen molar-refractivity contribution in [2.75, 3.05) is 5.73 Å². The van der Waals surface area contributed by atoms with E-state index >= 15 is 0 Å². The highest BCUT2D eigenvalue weighted by molar-refractivity contribution is 6.12. The van der Waals surface area contributed by atoms with Crippen LogP contribution in [0.2, 0.25) is 0 Å². The van der Waals surface area contributed by atoms with Crippen LogP contribution in [0.5, 0.6) is 0 Å². The Morgan fingerprint density at radius 2 is 1.80 bits per heavy atom. The van der Waals surface area contributed by atoms with Crippen LogP contribution in [0.1, 0.15) is 27.0 Å². The molecule has 0 saturated heterocycles. The quantitative estimate of drug-likeness (QED) is 0.670. The van der Waals surface area contributed by atoms with Gasteiger partial charge in [0.25, 0.3) is 0 Å². The predicted octanol–water partition coefficient (Wildman–Crippen LogP) is 3.83. The molecule has 0 aliphatic rings. The molecule has 0 fully saturated rings. The lowest BCUT2D eigenvalue weighted by Crippen LogP contribution is -2.09. The SMILES string of the molecule is Cc1ccc(C(=O)c2cccc(C(F)(F)F)c2)c(N)c1. The van der Waals surface area contributed by atoms with Crippen molar-refractivity contribution in [2.24, 2.45) is 0 Å². The Balaban J connectivity index is 2.44. The van der Waals surface area contributed by atoms with Crippen molar-refractivity contribution in [3.8, 4) is 0 Å². The Labute approximate surface area is 114 Å². The molecule has 0 radical (unpaired) electrons. The van der Waals surface area contributed by atoms with Gasteiger partial charge in [0.1, 0.15) is 0 Å². The molecular formula is C15H12F3NO. The van der Waals surface area contributed by atoms with Gasteiger partial charge in [-0.15, -0.1) is 0 Å². The van der Waals surface area contributed by atoms with Crippen LogP contribution in [0, 0.1) is 6.92 Å². The molecule has 0 heterocycles. The third kappa shape index (κ3) is 2.82. The molecule has 2 N–H and O–H groups in total. The van der Waals surface area contributed by atoms with Crippen molar-refractivity contribution in [3.05, 3.63) is 64.7 Å². The molecule has 0 spiro atoms. The standard InChI is InChI=1S/C15H12F3NO/c1-9-5-6-12(13(19)7-9)14(20)10-3-2-4-11(8-10)15(16,17)18/h2-8H,19H2,1H3. The third-order valence-electron chi connectivity index (χ3n) is 2.90. The van der Waals surface area contributed by atoms with Gasteiger partial charge < -0.3 is 5.73 Å². The van der Waals surface area contributed by atoms with E-state index in [0.717, 1.165) is 17.7 Å². The van der Waals surface area contributed by atoms with Gasteiger partial charge in [-0.3, -0.25) is 4.79 Å². The number of carbonyl (C=O) groups is 1. The fourth-order valence-electron chi connectivity index (χ4n) is 1.88. The number of carbonyl (C=O) groups excluding carboxylic acids is 1. The summed E-state index contributed by atoms with van der Waals surface area (Å²) in [6.45, 7) is 1.81. The van der Waals surface area contributed by atoms with Crippen LogP contribution in [0.15, 0.2) is 42.5 Å². The lowest BCUT2D eigenvalue weighted by atomic mass is 9.99. The Hall–Kier alpha value is -2.30. The number of aryl methyl sites for hydroxylation is 1. The fraction of sp³-hybridized carbons (Fsp3) is 0.133. The van der Waals surface area contributed by atoms with Crippen molar-refractivity contribution in [1.82, 2.24) is 0 Å². The van der Waals surface area contributed by atoms with Gasteiger partial charge >= 0.3 is 6.18 Å². The molecule has 0 aliphatic carbocycles. The van der Waals surface area contributed by atoms with Crippen LogP contribution in [-0.2, 0) is 6.18 Å². The first-order chi connectivity index (χ1) is 9.29. The van der Waals surface area contributed by atoms with Gasteiger partial charge in [0.05, 0.1) is 5.56 Å². The van der Waals surface area contributed by atoms with Gasteiger partial charge in [-0.05, 0) is 36.8 Å².